The zero-order valence-corrected chi connectivity index (χ0v) is 20.0. The second kappa shape index (κ2) is 10.4. The van der Waals surface area contributed by atoms with Gasteiger partial charge in [-0.15, -0.1) is 0 Å². The molecule has 9 nitrogen and oxygen atoms in total. The molecule has 0 saturated heterocycles. The van der Waals surface area contributed by atoms with E-state index in [2.05, 4.69) is 25.7 Å². The monoisotopic (exact) mass is 466 g/mol. The Morgan fingerprint density at radius 1 is 1.12 bits per heavy atom. The molecule has 3 amide bonds. The predicted molar refractivity (Wildman–Crippen MR) is 128 cm³/mol. The first-order valence-electron chi connectivity index (χ1n) is 11.0. The fourth-order valence-electron chi connectivity index (χ4n) is 3.49. The molecular formula is C25H30N4O5. The highest BCUT2D eigenvalue weighted by Crippen LogP contribution is 2.29. The number of hydrogen-bond acceptors (Lipinski definition) is 6. The lowest BCUT2D eigenvalue weighted by atomic mass is 9.96. The van der Waals surface area contributed by atoms with Crippen LogP contribution in [0, 0.1) is 0 Å². The zero-order valence-electron chi connectivity index (χ0n) is 20.0. The molecule has 1 aliphatic heterocycles. The lowest BCUT2D eigenvalue weighted by Crippen LogP contribution is -2.35. The van der Waals surface area contributed by atoms with Gasteiger partial charge in [0.2, 0.25) is 0 Å². The summed E-state index contributed by atoms with van der Waals surface area (Å²) in [6.45, 7) is 7.26. The van der Waals surface area contributed by atoms with Gasteiger partial charge in [-0.2, -0.15) is 0 Å². The molecule has 0 fully saturated rings. The van der Waals surface area contributed by atoms with Gasteiger partial charge in [-0.25, -0.2) is 9.59 Å². The third kappa shape index (κ3) is 6.57. The van der Waals surface area contributed by atoms with Crippen molar-refractivity contribution in [2.45, 2.75) is 51.8 Å². The van der Waals surface area contributed by atoms with Gasteiger partial charge in [0.25, 0.3) is 5.91 Å². The van der Waals surface area contributed by atoms with Gasteiger partial charge >= 0.3 is 12.2 Å². The molecule has 1 aromatic carbocycles. The summed E-state index contributed by atoms with van der Waals surface area (Å²) in [4.78, 5) is 41.7. The van der Waals surface area contributed by atoms with E-state index in [1.165, 1.54) is 7.11 Å². The molecule has 2 bridgehead atoms. The third-order valence-corrected chi connectivity index (χ3v) is 4.99. The van der Waals surface area contributed by atoms with E-state index in [9.17, 15) is 14.4 Å². The van der Waals surface area contributed by atoms with Crippen molar-refractivity contribution in [3.05, 3.63) is 59.9 Å². The topological polar surface area (TPSA) is 119 Å². The molecule has 2 heterocycles. The van der Waals surface area contributed by atoms with Crippen LogP contribution in [-0.2, 0) is 9.47 Å². The number of alkyl carbamates (subject to hydrolysis) is 1. The van der Waals surface area contributed by atoms with Crippen LogP contribution in [0.25, 0.3) is 11.1 Å². The van der Waals surface area contributed by atoms with Crippen LogP contribution in [0.1, 0.15) is 56.2 Å². The summed E-state index contributed by atoms with van der Waals surface area (Å²) >= 11 is 0. The fourth-order valence-corrected chi connectivity index (χ4v) is 3.49. The van der Waals surface area contributed by atoms with Crippen LogP contribution in [0.2, 0.25) is 0 Å². The number of fused-ring (bicyclic) bond motifs is 4. The van der Waals surface area contributed by atoms with Gasteiger partial charge in [-0.3, -0.25) is 15.1 Å². The van der Waals surface area contributed by atoms with Gasteiger partial charge in [0.15, 0.2) is 0 Å². The van der Waals surface area contributed by atoms with Gasteiger partial charge in [0.05, 0.1) is 18.8 Å². The number of methoxy groups -OCH3 is 1. The van der Waals surface area contributed by atoms with Crippen molar-refractivity contribution in [1.29, 1.82) is 0 Å². The molecule has 0 spiro atoms. The van der Waals surface area contributed by atoms with Crippen molar-refractivity contribution in [3.63, 3.8) is 0 Å². The lowest BCUT2D eigenvalue weighted by Gasteiger charge is -2.24. The zero-order chi connectivity index (χ0) is 24.9. The quantitative estimate of drug-likeness (QED) is 0.558. The molecule has 3 rings (SSSR count). The minimum atomic E-state index is -0.632. The number of amides is 3. The van der Waals surface area contributed by atoms with Crippen LogP contribution >= 0.6 is 0 Å². The van der Waals surface area contributed by atoms with Crippen LogP contribution < -0.4 is 16.0 Å². The van der Waals surface area contributed by atoms with Gasteiger partial charge in [-0.1, -0.05) is 18.2 Å². The Balaban J connectivity index is 2.04. The van der Waals surface area contributed by atoms with E-state index in [1.54, 1.807) is 51.2 Å². The van der Waals surface area contributed by atoms with E-state index in [0.29, 0.717) is 28.9 Å². The smallest absolute Gasteiger partial charge is 0.411 e. The molecule has 1 unspecified atom stereocenters. The highest BCUT2D eigenvalue weighted by atomic mass is 16.6. The van der Waals surface area contributed by atoms with E-state index in [-0.39, 0.29) is 11.9 Å². The first-order chi connectivity index (χ1) is 16.1. The van der Waals surface area contributed by atoms with Crippen molar-refractivity contribution in [3.8, 4) is 11.1 Å². The number of aromatic nitrogens is 1. The molecule has 3 N–H and O–H groups in total. The van der Waals surface area contributed by atoms with Gasteiger partial charge in [-0.05, 0) is 69.5 Å². The summed E-state index contributed by atoms with van der Waals surface area (Å²) in [5.41, 5.74) is 2.20. The molecule has 0 saturated carbocycles. The van der Waals surface area contributed by atoms with Gasteiger partial charge in [0, 0.05) is 23.5 Å². The summed E-state index contributed by atoms with van der Waals surface area (Å²) in [6.07, 6.45) is 4.67. The number of carbonyl (C=O) groups excluding carboxylic acids is 3. The van der Waals surface area contributed by atoms with Crippen molar-refractivity contribution >= 4 is 23.8 Å². The molecule has 9 heteroatoms. The molecule has 2 atom stereocenters. The first-order valence-corrected chi connectivity index (χ1v) is 11.0. The van der Waals surface area contributed by atoms with Crippen LogP contribution in [0.15, 0.2) is 48.7 Å². The van der Waals surface area contributed by atoms with E-state index in [1.807, 2.05) is 25.1 Å². The average Bonchev–Trinajstić information content (AvgIpc) is 2.76. The number of benzene rings is 1. The van der Waals surface area contributed by atoms with Crippen LogP contribution in [0.4, 0.5) is 15.3 Å². The van der Waals surface area contributed by atoms with E-state index < -0.39 is 23.8 Å². The van der Waals surface area contributed by atoms with Crippen molar-refractivity contribution in [1.82, 2.24) is 15.6 Å². The Kier molecular flexibility index (Phi) is 7.55. The number of ether oxygens (including phenoxy) is 2. The minimum absolute atomic E-state index is 0.273. The van der Waals surface area contributed by atoms with Crippen LogP contribution in [0.3, 0.4) is 0 Å². The predicted octanol–water partition coefficient (Wildman–Crippen LogP) is 4.57. The second-order valence-electron chi connectivity index (χ2n) is 8.97. The highest BCUT2D eigenvalue weighted by molar-refractivity contribution is 6.02. The number of rotatable bonds is 2. The number of nitrogens with zero attached hydrogens (tertiary/aromatic N) is 1. The van der Waals surface area contributed by atoms with E-state index >= 15 is 0 Å². The summed E-state index contributed by atoms with van der Waals surface area (Å²) in [5, 5.41) is 8.43. The number of hydrogen-bond donors (Lipinski definition) is 3. The number of carbonyl (C=O) groups is 3. The Morgan fingerprint density at radius 2 is 1.88 bits per heavy atom. The molecule has 1 aliphatic rings. The summed E-state index contributed by atoms with van der Waals surface area (Å²) in [7, 11) is 1.27. The van der Waals surface area contributed by atoms with E-state index in [0.717, 1.165) is 5.56 Å². The van der Waals surface area contributed by atoms with E-state index in [4.69, 9.17) is 4.74 Å². The SMILES string of the molecule is COC(=O)Nc1ccc2c(c1)C(=O)NC(C)/C=C/C[C@H](NC(=O)OC(C)(C)C)c1cc-2ccn1. The molecule has 2 aromatic rings. The Bertz CT molecular complexity index is 1110. The van der Waals surface area contributed by atoms with Crippen molar-refractivity contribution in [2.75, 3.05) is 12.4 Å². The second-order valence-corrected chi connectivity index (χ2v) is 8.97. The standard InChI is InChI=1S/C25H30N4O5/c1-15-7-6-8-20(29-24(32)34-25(2,3)4)21-13-16(11-12-26-21)18-10-9-17(28-23(31)33-5)14-19(18)22(30)27-15/h6-7,9-15,20H,8H2,1-5H3,(H,27,30)(H,28,31)(H,29,32)/b7-6+/t15?,20-/m0/s1. The molecular weight excluding hydrogens is 436 g/mol. The average molecular weight is 467 g/mol. The molecule has 34 heavy (non-hydrogen) atoms. The highest BCUT2D eigenvalue weighted by Gasteiger charge is 2.23. The van der Waals surface area contributed by atoms with Crippen LogP contribution in [0.5, 0.6) is 0 Å². The summed E-state index contributed by atoms with van der Waals surface area (Å²) in [6, 6.07) is 7.96. The third-order valence-electron chi connectivity index (χ3n) is 4.99. The molecule has 180 valence electrons. The summed E-state index contributed by atoms with van der Waals surface area (Å²) in [5.74, 6) is -0.289. The number of nitrogens with one attached hydrogen (secondary N) is 3. The molecule has 0 radical (unpaired) electrons. The van der Waals surface area contributed by atoms with Crippen molar-refractivity contribution < 1.29 is 23.9 Å². The maximum Gasteiger partial charge on any atom is 0.411 e. The maximum absolute atomic E-state index is 13.1. The number of pyridine rings is 1. The molecule has 0 aliphatic carbocycles. The summed E-state index contributed by atoms with van der Waals surface area (Å²) < 4.78 is 10.1. The maximum atomic E-state index is 13.1. The van der Waals surface area contributed by atoms with Gasteiger partial charge in [0.1, 0.15) is 5.60 Å². The molecule has 1 aromatic heterocycles. The fraction of sp³-hybridized carbons (Fsp3) is 0.360. The first kappa shape index (κ1) is 24.8. The number of anilines is 1. The minimum Gasteiger partial charge on any atom is -0.453 e. The largest absolute Gasteiger partial charge is 0.453 e. The lowest BCUT2D eigenvalue weighted by molar-refractivity contribution is 0.0502. The van der Waals surface area contributed by atoms with Crippen LogP contribution in [-0.4, -0.2) is 41.8 Å². The van der Waals surface area contributed by atoms with Gasteiger partial charge < -0.3 is 20.1 Å². The Labute approximate surface area is 198 Å². The normalized spacial score (nSPS) is 18.8. The Morgan fingerprint density at radius 3 is 2.59 bits per heavy atom. The van der Waals surface area contributed by atoms with Crippen molar-refractivity contribution in [2.24, 2.45) is 0 Å². The Hall–Kier alpha value is -3.88.